The number of aliphatic hydroxyl groups is 1. The van der Waals surface area contributed by atoms with E-state index in [4.69, 9.17) is 16.3 Å². The molecule has 0 radical (unpaired) electrons. The number of fused-ring (bicyclic) bond motifs is 1. The van der Waals surface area contributed by atoms with Gasteiger partial charge < -0.3 is 9.84 Å². The smallest absolute Gasteiger partial charge is 0.220 e. The van der Waals surface area contributed by atoms with E-state index in [9.17, 15) is 5.11 Å². The van der Waals surface area contributed by atoms with Crippen LogP contribution in [-0.4, -0.2) is 10.1 Å². The fourth-order valence-electron chi connectivity index (χ4n) is 2.04. The summed E-state index contributed by atoms with van der Waals surface area (Å²) in [5.74, 6) is 0.960. The summed E-state index contributed by atoms with van der Waals surface area (Å²) >= 11 is 6.06. The van der Waals surface area contributed by atoms with Gasteiger partial charge in [0.25, 0.3) is 0 Å². The Morgan fingerprint density at radius 3 is 2.60 bits per heavy atom. The van der Waals surface area contributed by atoms with Gasteiger partial charge in [0.05, 0.1) is 17.1 Å². The fourth-order valence-corrected chi connectivity index (χ4v) is 2.22. The lowest BCUT2D eigenvalue weighted by molar-refractivity contribution is 0.282. The molecule has 0 aliphatic heterocycles. The van der Waals surface area contributed by atoms with E-state index in [0.717, 1.165) is 16.5 Å². The quantitative estimate of drug-likeness (QED) is 0.785. The number of nitrogens with zero attached hydrogens (tertiary/aromatic N) is 1. The zero-order valence-corrected chi connectivity index (χ0v) is 11.3. The van der Waals surface area contributed by atoms with Crippen LogP contribution >= 0.6 is 11.6 Å². The summed E-state index contributed by atoms with van der Waals surface area (Å²) in [6.07, 6.45) is 0. The first-order valence-electron chi connectivity index (χ1n) is 6.20. The Morgan fingerprint density at radius 1 is 1.05 bits per heavy atom. The number of rotatable bonds is 3. The lowest BCUT2D eigenvalue weighted by atomic mass is 10.1. The van der Waals surface area contributed by atoms with E-state index in [1.165, 1.54) is 0 Å². The third-order valence-electron chi connectivity index (χ3n) is 3.00. The molecule has 0 aliphatic carbocycles. The molecule has 1 heterocycles. The van der Waals surface area contributed by atoms with Gasteiger partial charge in [-0.05, 0) is 23.8 Å². The number of hydrogen-bond donors (Lipinski definition) is 1. The van der Waals surface area contributed by atoms with Gasteiger partial charge >= 0.3 is 0 Å². The highest BCUT2D eigenvalue weighted by molar-refractivity contribution is 6.32. The molecular weight excluding hydrogens is 274 g/mol. The highest BCUT2D eigenvalue weighted by atomic mass is 35.5. The van der Waals surface area contributed by atoms with Gasteiger partial charge in [0, 0.05) is 11.5 Å². The topological polar surface area (TPSA) is 42.4 Å². The van der Waals surface area contributed by atoms with Crippen LogP contribution in [-0.2, 0) is 6.61 Å². The number of para-hydroxylation sites is 2. The fraction of sp³-hybridized carbons (Fsp3) is 0.0625. The Balaban J connectivity index is 2.06. The second-order valence-corrected chi connectivity index (χ2v) is 4.73. The molecule has 0 saturated heterocycles. The third-order valence-corrected chi connectivity index (χ3v) is 3.31. The molecule has 1 aromatic heterocycles. The standard InChI is InChI=1S/C16H12ClNO2/c17-13-6-2-4-8-15(13)20-16-9-11(10-19)12-5-1-3-7-14(12)18-16/h1-9,19H,10H2. The minimum Gasteiger partial charge on any atom is -0.437 e. The SMILES string of the molecule is OCc1cc(Oc2ccccc2Cl)nc2ccccc12. The van der Waals surface area contributed by atoms with Crippen molar-refractivity contribution in [1.29, 1.82) is 0 Å². The second-order valence-electron chi connectivity index (χ2n) is 4.33. The molecule has 0 spiro atoms. The van der Waals surface area contributed by atoms with E-state index >= 15 is 0 Å². The molecular formula is C16H12ClNO2. The van der Waals surface area contributed by atoms with Crippen molar-refractivity contribution in [2.45, 2.75) is 6.61 Å². The predicted molar refractivity (Wildman–Crippen MR) is 79.2 cm³/mol. The maximum absolute atomic E-state index is 9.47. The molecule has 2 aromatic carbocycles. The van der Waals surface area contributed by atoms with Crippen molar-refractivity contribution in [3.05, 3.63) is 65.2 Å². The van der Waals surface area contributed by atoms with Gasteiger partial charge in [0.15, 0.2) is 0 Å². The van der Waals surface area contributed by atoms with Crippen molar-refractivity contribution < 1.29 is 9.84 Å². The van der Waals surface area contributed by atoms with Crippen LogP contribution in [0.25, 0.3) is 10.9 Å². The average molecular weight is 286 g/mol. The Labute approximate surface area is 121 Å². The van der Waals surface area contributed by atoms with Crippen LogP contribution in [0.4, 0.5) is 0 Å². The zero-order chi connectivity index (χ0) is 13.9. The second kappa shape index (κ2) is 5.49. The van der Waals surface area contributed by atoms with E-state index in [1.54, 1.807) is 18.2 Å². The van der Waals surface area contributed by atoms with Gasteiger partial charge in [-0.2, -0.15) is 0 Å². The number of benzene rings is 2. The number of hydrogen-bond acceptors (Lipinski definition) is 3. The highest BCUT2D eigenvalue weighted by Crippen LogP contribution is 2.30. The molecule has 0 fully saturated rings. The highest BCUT2D eigenvalue weighted by Gasteiger charge is 2.08. The van der Waals surface area contributed by atoms with Crippen molar-refractivity contribution >= 4 is 22.5 Å². The third kappa shape index (κ3) is 2.46. The lowest BCUT2D eigenvalue weighted by Crippen LogP contribution is -1.94. The lowest BCUT2D eigenvalue weighted by Gasteiger charge is -2.10. The van der Waals surface area contributed by atoms with Gasteiger partial charge in [-0.25, -0.2) is 4.98 Å². The van der Waals surface area contributed by atoms with E-state index in [-0.39, 0.29) is 6.61 Å². The van der Waals surface area contributed by atoms with Gasteiger partial charge in [0.1, 0.15) is 5.75 Å². The van der Waals surface area contributed by atoms with Crippen LogP contribution in [0.3, 0.4) is 0 Å². The van der Waals surface area contributed by atoms with Crippen LogP contribution < -0.4 is 4.74 Å². The summed E-state index contributed by atoms with van der Waals surface area (Å²) in [6, 6.07) is 16.6. The van der Waals surface area contributed by atoms with Gasteiger partial charge in [-0.3, -0.25) is 0 Å². The van der Waals surface area contributed by atoms with E-state index in [1.807, 2.05) is 36.4 Å². The minimum absolute atomic E-state index is 0.0675. The van der Waals surface area contributed by atoms with Crippen molar-refractivity contribution in [3.8, 4) is 11.6 Å². The molecule has 4 heteroatoms. The van der Waals surface area contributed by atoms with Crippen LogP contribution in [0, 0.1) is 0 Å². The normalized spacial score (nSPS) is 10.7. The summed E-state index contributed by atoms with van der Waals surface area (Å²) in [4.78, 5) is 4.43. The predicted octanol–water partition coefficient (Wildman–Crippen LogP) is 4.17. The molecule has 20 heavy (non-hydrogen) atoms. The van der Waals surface area contributed by atoms with Crippen LogP contribution in [0.1, 0.15) is 5.56 Å². The summed E-state index contributed by atoms with van der Waals surface area (Å²) in [7, 11) is 0. The Hall–Kier alpha value is -2.10. The summed E-state index contributed by atoms with van der Waals surface area (Å²) < 4.78 is 5.71. The number of aromatic nitrogens is 1. The summed E-state index contributed by atoms with van der Waals surface area (Å²) in [6.45, 7) is -0.0675. The van der Waals surface area contributed by atoms with E-state index in [0.29, 0.717) is 16.7 Å². The molecule has 0 saturated carbocycles. The molecule has 100 valence electrons. The number of aliphatic hydroxyl groups excluding tert-OH is 1. The Kier molecular flexibility index (Phi) is 3.54. The van der Waals surface area contributed by atoms with Crippen LogP contribution in [0.15, 0.2) is 54.6 Å². The number of pyridine rings is 1. The van der Waals surface area contributed by atoms with Crippen LogP contribution in [0.5, 0.6) is 11.6 Å². The molecule has 0 unspecified atom stereocenters. The largest absolute Gasteiger partial charge is 0.437 e. The summed E-state index contributed by atoms with van der Waals surface area (Å²) in [5, 5.41) is 10.9. The first-order valence-corrected chi connectivity index (χ1v) is 6.57. The first-order chi connectivity index (χ1) is 9.78. The Bertz CT molecular complexity index is 758. The number of halogens is 1. The molecule has 0 aliphatic rings. The molecule has 0 bridgehead atoms. The Morgan fingerprint density at radius 2 is 1.80 bits per heavy atom. The van der Waals surface area contributed by atoms with Gasteiger partial charge in [-0.15, -0.1) is 0 Å². The van der Waals surface area contributed by atoms with Gasteiger partial charge in [-0.1, -0.05) is 41.9 Å². The molecule has 1 N–H and O–H groups in total. The molecule has 3 nitrogen and oxygen atoms in total. The molecule has 0 atom stereocenters. The van der Waals surface area contributed by atoms with E-state index < -0.39 is 0 Å². The van der Waals surface area contributed by atoms with Gasteiger partial charge in [0.2, 0.25) is 5.88 Å². The molecule has 3 aromatic rings. The summed E-state index contributed by atoms with van der Waals surface area (Å²) in [5.41, 5.74) is 1.55. The van der Waals surface area contributed by atoms with Crippen molar-refractivity contribution in [1.82, 2.24) is 4.98 Å². The maximum atomic E-state index is 9.47. The average Bonchev–Trinajstić information content (AvgIpc) is 2.49. The number of ether oxygens (including phenoxy) is 1. The maximum Gasteiger partial charge on any atom is 0.220 e. The zero-order valence-electron chi connectivity index (χ0n) is 10.6. The minimum atomic E-state index is -0.0675. The molecule has 0 amide bonds. The molecule has 3 rings (SSSR count). The first kappa shape index (κ1) is 12.9. The van der Waals surface area contributed by atoms with E-state index in [2.05, 4.69) is 4.98 Å². The van der Waals surface area contributed by atoms with Crippen molar-refractivity contribution in [2.75, 3.05) is 0 Å². The van der Waals surface area contributed by atoms with Crippen LogP contribution in [0.2, 0.25) is 5.02 Å². The van der Waals surface area contributed by atoms with Crippen molar-refractivity contribution in [3.63, 3.8) is 0 Å². The van der Waals surface area contributed by atoms with Crippen molar-refractivity contribution in [2.24, 2.45) is 0 Å². The monoisotopic (exact) mass is 285 g/mol.